The summed E-state index contributed by atoms with van der Waals surface area (Å²) in [4.78, 5) is 0. The lowest BCUT2D eigenvalue weighted by atomic mass is 9.98. The fraction of sp³-hybridized carbons (Fsp3) is 0.600. The number of ether oxygens (including phenoxy) is 4. The van der Waals surface area contributed by atoms with Crippen molar-refractivity contribution in [3.63, 3.8) is 0 Å². The lowest BCUT2D eigenvalue weighted by Crippen LogP contribution is -2.63. The zero-order valence-corrected chi connectivity index (χ0v) is 14.1. The number of methoxy groups -OCH3 is 1. The Kier molecular flexibility index (Phi) is 5.21. The molecule has 0 bridgehead atoms. The lowest BCUT2D eigenvalue weighted by molar-refractivity contribution is -0.354. The van der Waals surface area contributed by atoms with Gasteiger partial charge in [0, 0.05) is 12.7 Å². The largest absolute Gasteiger partial charge is 0.387 e. The van der Waals surface area contributed by atoms with Gasteiger partial charge in [0.25, 0.3) is 10.1 Å². The fourth-order valence-electron chi connectivity index (χ4n) is 2.84. The molecule has 0 amide bonds. The average molecular weight is 360 g/mol. The smallest absolute Gasteiger partial charge is 0.264 e. The van der Waals surface area contributed by atoms with Gasteiger partial charge in [0.15, 0.2) is 18.7 Å². The number of aliphatic hydroxyl groups is 1. The van der Waals surface area contributed by atoms with E-state index in [-0.39, 0.29) is 6.61 Å². The Morgan fingerprint density at radius 3 is 2.54 bits per heavy atom. The van der Waals surface area contributed by atoms with Crippen LogP contribution >= 0.6 is 0 Å². The van der Waals surface area contributed by atoms with Gasteiger partial charge in [-0.3, -0.25) is 4.18 Å². The molecule has 8 nitrogen and oxygen atoms in total. The normalized spacial score (nSPS) is 37.0. The first-order valence-corrected chi connectivity index (χ1v) is 9.27. The van der Waals surface area contributed by atoms with Crippen molar-refractivity contribution < 1.29 is 36.7 Å². The van der Waals surface area contributed by atoms with Gasteiger partial charge in [0.05, 0.1) is 12.9 Å². The molecule has 2 heterocycles. The molecule has 0 aliphatic carbocycles. The molecular formula is C15H20O8S. The van der Waals surface area contributed by atoms with E-state index in [1.807, 2.05) is 30.3 Å². The van der Waals surface area contributed by atoms with Crippen molar-refractivity contribution >= 4 is 10.1 Å². The van der Waals surface area contributed by atoms with E-state index in [2.05, 4.69) is 0 Å². The summed E-state index contributed by atoms with van der Waals surface area (Å²) in [7, 11) is -2.47. The minimum atomic E-state index is -3.81. The molecule has 0 spiro atoms. The Balaban J connectivity index is 1.79. The molecule has 3 rings (SSSR count). The molecule has 2 aliphatic rings. The first-order chi connectivity index (χ1) is 11.4. The van der Waals surface area contributed by atoms with Gasteiger partial charge < -0.3 is 24.1 Å². The van der Waals surface area contributed by atoms with Crippen molar-refractivity contribution in [2.45, 2.75) is 37.0 Å². The van der Waals surface area contributed by atoms with Crippen LogP contribution in [0, 0.1) is 0 Å². The second kappa shape index (κ2) is 7.04. The third-order valence-corrected chi connectivity index (χ3v) is 4.47. The molecule has 2 saturated heterocycles. The summed E-state index contributed by atoms with van der Waals surface area (Å²) >= 11 is 0. The van der Waals surface area contributed by atoms with E-state index in [1.165, 1.54) is 7.11 Å². The minimum absolute atomic E-state index is 0.173. The number of rotatable bonds is 4. The van der Waals surface area contributed by atoms with Crippen LogP contribution in [-0.2, 0) is 33.2 Å². The molecule has 24 heavy (non-hydrogen) atoms. The van der Waals surface area contributed by atoms with Gasteiger partial charge in [-0.15, -0.1) is 0 Å². The van der Waals surface area contributed by atoms with Gasteiger partial charge in [-0.05, 0) is 0 Å². The van der Waals surface area contributed by atoms with Crippen LogP contribution in [0.5, 0.6) is 0 Å². The van der Waals surface area contributed by atoms with Crippen molar-refractivity contribution in [3.8, 4) is 0 Å². The zero-order chi connectivity index (χ0) is 17.3. The van der Waals surface area contributed by atoms with Crippen LogP contribution < -0.4 is 0 Å². The molecular weight excluding hydrogens is 340 g/mol. The Bertz CT molecular complexity index is 649. The van der Waals surface area contributed by atoms with Crippen LogP contribution in [0.25, 0.3) is 0 Å². The van der Waals surface area contributed by atoms with Crippen LogP contribution in [0.15, 0.2) is 30.3 Å². The van der Waals surface area contributed by atoms with Crippen LogP contribution in [-0.4, -0.2) is 64.2 Å². The lowest BCUT2D eigenvalue weighted by Gasteiger charge is -2.46. The van der Waals surface area contributed by atoms with Crippen LogP contribution in [0.4, 0.5) is 0 Å². The molecule has 1 aromatic rings. The molecule has 1 aromatic carbocycles. The summed E-state index contributed by atoms with van der Waals surface area (Å²) in [6.45, 7) is 0.173. The van der Waals surface area contributed by atoms with Gasteiger partial charge in [-0.2, -0.15) is 8.42 Å². The van der Waals surface area contributed by atoms with E-state index in [0.29, 0.717) is 0 Å². The summed E-state index contributed by atoms with van der Waals surface area (Å²) in [6.07, 6.45) is -4.69. The molecule has 0 aromatic heterocycles. The molecule has 0 saturated carbocycles. The van der Waals surface area contributed by atoms with E-state index in [1.54, 1.807) is 0 Å². The van der Waals surface area contributed by atoms with Gasteiger partial charge >= 0.3 is 0 Å². The van der Waals surface area contributed by atoms with Crippen LogP contribution in [0.2, 0.25) is 0 Å². The molecule has 2 aliphatic heterocycles. The maximum Gasteiger partial charge on any atom is 0.264 e. The summed E-state index contributed by atoms with van der Waals surface area (Å²) in [5.74, 6) is 0. The van der Waals surface area contributed by atoms with Crippen molar-refractivity contribution in [3.05, 3.63) is 35.9 Å². The van der Waals surface area contributed by atoms with Crippen LogP contribution in [0.3, 0.4) is 0 Å². The second-order valence-electron chi connectivity index (χ2n) is 5.71. The maximum atomic E-state index is 11.4. The SMILES string of the molecule is CO[C@@H]1O[C@@H]2CO[C@@H](c3ccccc3)O[C@@H]2[C@@H](O)[C@@H]1OS(C)(=O)=O. The topological polar surface area (TPSA) is 101 Å². The molecule has 1 N–H and O–H groups in total. The predicted octanol–water partition coefficient (Wildman–Crippen LogP) is 0.178. The van der Waals surface area contributed by atoms with E-state index in [0.717, 1.165) is 11.8 Å². The summed E-state index contributed by atoms with van der Waals surface area (Å²) in [5.41, 5.74) is 0.789. The second-order valence-corrected chi connectivity index (χ2v) is 7.31. The number of hydrogen-bond donors (Lipinski definition) is 1. The van der Waals surface area contributed by atoms with Gasteiger partial charge in [-0.25, -0.2) is 0 Å². The predicted molar refractivity (Wildman–Crippen MR) is 81.4 cm³/mol. The highest BCUT2D eigenvalue weighted by Crippen LogP contribution is 2.35. The highest BCUT2D eigenvalue weighted by atomic mass is 32.2. The summed E-state index contributed by atoms with van der Waals surface area (Å²) in [5, 5.41) is 10.6. The monoisotopic (exact) mass is 360 g/mol. The molecule has 6 atom stereocenters. The summed E-state index contributed by atoms with van der Waals surface area (Å²) < 4.78 is 50.0. The first kappa shape index (κ1) is 17.7. The van der Waals surface area contributed by atoms with Gasteiger partial charge in [0.2, 0.25) is 0 Å². The molecule has 9 heteroatoms. The van der Waals surface area contributed by atoms with Gasteiger partial charge in [0.1, 0.15) is 18.3 Å². The maximum absolute atomic E-state index is 11.4. The Hall–Kier alpha value is -1.07. The standard InChI is InChI=1S/C15H20O8S/c1-19-15-13(23-24(2,17)18)11(16)12-10(21-15)8-20-14(22-12)9-6-4-3-5-7-9/h3-7,10-16H,8H2,1-2H3/t10-,11-,12+,13+,14-,15-/m1/s1. The van der Waals surface area contributed by atoms with E-state index in [4.69, 9.17) is 23.1 Å². The fourth-order valence-corrected chi connectivity index (χ4v) is 3.45. The van der Waals surface area contributed by atoms with E-state index >= 15 is 0 Å². The third kappa shape index (κ3) is 3.77. The minimum Gasteiger partial charge on any atom is -0.387 e. The number of benzene rings is 1. The number of fused-ring (bicyclic) bond motifs is 1. The van der Waals surface area contributed by atoms with E-state index < -0.39 is 47.1 Å². The highest BCUT2D eigenvalue weighted by molar-refractivity contribution is 7.86. The van der Waals surface area contributed by atoms with Crippen molar-refractivity contribution in [2.75, 3.05) is 20.0 Å². The molecule has 134 valence electrons. The number of hydrogen-bond acceptors (Lipinski definition) is 8. The highest BCUT2D eigenvalue weighted by Gasteiger charge is 2.51. The van der Waals surface area contributed by atoms with Crippen molar-refractivity contribution in [2.24, 2.45) is 0 Å². The van der Waals surface area contributed by atoms with E-state index in [9.17, 15) is 13.5 Å². The Morgan fingerprint density at radius 2 is 1.92 bits per heavy atom. The Labute approximate surface area is 140 Å². The average Bonchev–Trinajstić information content (AvgIpc) is 2.56. The van der Waals surface area contributed by atoms with Gasteiger partial charge in [-0.1, -0.05) is 30.3 Å². The first-order valence-electron chi connectivity index (χ1n) is 7.45. The quantitative estimate of drug-likeness (QED) is 0.759. The van der Waals surface area contributed by atoms with Crippen molar-refractivity contribution in [1.29, 1.82) is 0 Å². The zero-order valence-electron chi connectivity index (χ0n) is 13.3. The molecule has 0 radical (unpaired) electrons. The molecule has 0 unspecified atom stereocenters. The third-order valence-electron chi connectivity index (χ3n) is 3.90. The summed E-state index contributed by atoms with van der Waals surface area (Å²) in [6, 6.07) is 9.23. The van der Waals surface area contributed by atoms with Crippen molar-refractivity contribution in [1.82, 2.24) is 0 Å². The number of aliphatic hydroxyl groups excluding tert-OH is 1. The van der Waals surface area contributed by atoms with Crippen LogP contribution in [0.1, 0.15) is 11.9 Å². The Morgan fingerprint density at radius 1 is 1.21 bits per heavy atom. The molecule has 2 fully saturated rings.